The number of hydrogen-bond acceptors (Lipinski definition) is 0. The van der Waals surface area contributed by atoms with Crippen LogP contribution in [0.5, 0.6) is 0 Å². The first-order valence-electron chi connectivity index (χ1n) is 5.22. The van der Waals surface area contributed by atoms with Gasteiger partial charge in [0.15, 0.2) is 0 Å². The van der Waals surface area contributed by atoms with Crippen molar-refractivity contribution in [3.8, 4) is 0 Å². The Labute approximate surface area is 86.2 Å². The molecule has 0 aliphatic carbocycles. The third-order valence-corrected chi connectivity index (χ3v) is 6.64. The summed E-state index contributed by atoms with van der Waals surface area (Å²) >= 11 is 0. The molecule has 0 atom stereocenters. The van der Waals surface area contributed by atoms with Crippen molar-refractivity contribution in [2.24, 2.45) is 0 Å². The molecule has 1 aromatic carbocycles. The van der Waals surface area contributed by atoms with Crippen molar-refractivity contribution in [2.75, 3.05) is 0 Å². The normalized spacial score (nSPS) is 12.2. The van der Waals surface area contributed by atoms with Gasteiger partial charge in [-0.15, -0.1) is 0 Å². The van der Waals surface area contributed by atoms with Crippen molar-refractivity contribution in [1.82, 2.24) is 4.98 Å². The maximum absolute atomic E-state index is 3.55. The van der Waals surface area contributed by atoms with E-state index in [-0.39, 0.29) is 0 Å². The van der Waals surface area contributed by atoms with Crippen LogP contribution in [0.25, 0.3) is 10.9 Å². The first-order chi connectivity index (χ1) is 6.63. The molecule has 0 radical (unpaired) electrons. The van der Waals surface area contributed by atoms with Gasteiger partial charge in [0.1, 0.15) is 8.07 Å². The fourth-order valence-electron chi connectivity index (χ4n) is 1.63. The van der Waals surface area contributed by atoms with Crippen LogP contribution in [0.3, 0.4) is 0 Å². The molecule has 0 aliphatic rings. The van der Waals surface area contributed by atoms with Gasteiger partial charge >= 0.3 is 0 Å². The largest absolute Gasteiger partial charge is 0.362 e. The van der Waals surface area contributed by atoms with E-state index in [4.69, 9.17) is 0 Å². The molecule has 2 heteroatoms. The van der Waals surface area contributed by atoms with Crippen molar-refractivity contribution in [3.05, 3.63) is 30.3 Å². The monoisotopic (exact) mass is 203 g/mol. The second kappa shape index (κ2) is 3.28. The van der Waals surface area contributed by atoms with Gasteiger partial charge in [0.05, 0.1) is 0 Å². The standard InChI is InChI=1S/C12H17NSi/c1-4-14(2,3)12-9-10-7-5-6-8-11(10)13-12/h5-9,13H,4H2,1-3H3. The molecule has 1 nitrogen and oxygen atoms in total. The van der Waals surface area contributed by atoms with Crippen molar-refractivity contribution in [3.63, 3.8) is 0 Å². The summed E-state index contributed by atoms with van der Waals surface area (Å²) < 4.78 is 0. The summed E-state index contributed by atoms with van der Waals surface area (Å²) in [5, 5.41) is 2.82. The zero-order chi connectivity index (χ0) is 10.2. The number of H-pyrrole nitrogens is 1. The van der Waals surface area contributed by atoms with E-state index in [0.29, 0.717) is 0 Å². The molecule has 0 aliphatic heterocycles. The second-order valence-electron chi connectivity index (χ2n) is 4.51. The van der Waals surface area contributed by atoms with E-state index in [0.717, 1.165) is 0 Å². The summed E-state index contributed by atoms with van der Waals surface area (Å²) in [5.74, 6) is 0. The Bertz CT molecular complexity index is 409. The Morgan fingerprint density at radius 3 is 2.57 bits per heavy atom. The van der Waals surface area contributed by atoms with E-state index >= 15 is 0 Å². The smallest absolute Gasteiger partial charge is 0.101 e. The summed E-state index contributed by atoms with van der Waals surface area (Å²) in [6.07, 6.45) is 0. The molecule has 0 saturated carbocycles. The summed E-state index contributed by atoms with van der Waals surface area (Å²) in [6, 6.07) is 12.1. The Morgan fingerprint density at radius 2 is 1.93 bits per heavy atom. The van der Waals surface area contributed by atoms with Crippen molar-refractivity contribution in [2.45, 2.75) is 26.1 Å². The molecule has 0 unspecified atom stereocenters. The van der Waals surface area contributed by atoms with Crippen LogP contribution < -0.4 is 5.32 Å². The third-order valence-electron chi connectivity index (χ3n) is 3.14. The summed E-state index contributed by atoms with van der Waals surface area (Å²) in [6.45, 7) is 7.12. The number of aromatic nitrogens is 1. The van der Waals surface area contributed by atoms with Crippen LogP contribution >= 0.6 is 0 Å². The maximum atomic E-state index is 3.55. The molecule has 14 heavy (non-hydrogen) atoms. The Hall–Kier alpha value is -1.02. The van der Waals surface area contributed by atoms with E-state index in [1.54, 1.807) is 0 Å². The molecule has 1 aromatic heterocycles. The Kier molecular flexibility index (Phi) is 2.23. The fraction of sp³-hybridized carbons (Fsp3) is 0.333. The fourth-order valence-corrected chi connectivity index (χ4v) is 3.03. The lowest BCUT2D eigenvalue weighted by Crippen LogP contribution is -2.41. The topological polar surface area (TPSA) is 15.8 Å². The third kappa shape index (κ3) is 1.50. The number of fused-ring (bicyclic) bond motifs is 1. The number of hydrogen-bond donors (Lipinski definition) is 1. The van der Waals surface area contributed by atoms with E-state index in [9.17, 15) is 0 Å². The molecule has 0 spiro atoms. The van der Waals surface area contributed by atoms with Gasteiger partial charge in [-0.3, -0.25) is 0 Å². The molecule has 0 saturated heterocycles. The lowest BCUT2D eigenvalue weighted by molar-refractivity contribution is 1.35. The molecule has 0 amide bonds. The minimum Gasteiger partial charge on any atom is -0.362 e. The predicted molar refractivity (Wildman–Crippen MR) is 65.9 cm³/mol. The van der Waals surface area contributed by atoms with Crippen LogP contribution in [0.2, 0.25) is 19.1 Å². The first-order valence-corrected chi connectivity index (χ1v) is 8.42. The number of rotatable bonds is 2. The number of benzene rings is 1. The van der Waals surface area contributed by atoms with E-state index < -0.39 is 8.07 Å². The van der Waals surface area contributed by atoms with Gasteiger partial charge in [-0.2, -0.15) is 0 Å². The molecule has 0 bridgehead atoms. The van der Waals surface area contributed by atoms with Crippen molar-refractivity contribution < 1.29 is 0 Å². The maximum Gasteiger partial charge on any atom is 0.101 e. The quantitative estimate of drug-likeness (QED) is 0.722. The number of aromatic amines is 1. The van der Waals surface area contributed by atoms with Crippen molar-refractivity contribution >= 4 is 24.3 Å². The average Bonchev–Trinajstić information content (AvgIpc) is 2.61. The molecule has 1 heterocycles. The van der Waals surface area contributed by atoms with Gasteiger partial charge < -0.3 is 4.98 Å². The van der Waals surface area contributed by atoms with Gasteiger partial charge in [-0.1, -0.05) is 44.3 Å². The van der Waals surface area contributed by atoms with E-state index in [1.807, 2.05) is 0 Å². The Balaban J connectivity index is 2.55. The lowest BCUT2D eigenvalue weighted by atomic mass is 10.3. The zero-order valence-electron chi connectivity index (χ0n) is 9.09. The zero-order valence-corrected chi connectivity index (χ0v) is 10.1. The molecular formula is C12H17NSi. The SMILES string of the molecule is CC[Si](C)(C)c1cc2ccccc2[nH]1. The van der Waals surface area contributed by atoms with Gasteiger partial charge in [0.25, 0.3) is 0 Å². The molecule has 0 fully saturated rings. The number of nitrogens with one attached hydrogen (secondary N) is 1. The average molecular weight is 203 g/mol. The highest BCUT2D eigenvalue weighted by molar-refractivity contribution is 6.89. The lowest BCUT2D eigenvalue weighted by Gasteiger charge is -2.17. The van der Waals surface area contributed by atoms with Crippen LogP contribution in [0, 0.1) is 0 Å². The highest BCUT2D eigenvalue weighted by atomic mass is 28.3. The predicted octanol–water partition coefficient (Wildman–Crippen LogP) is 3.10. The van der Waals surface area contributed by atoms with Crippen LogP contribution in [0.15, 0.2) is 30.3 Å². The van der Waals surface area contributed by atoms with Gasteiger partial charge in [0.2, 0.25) is 0 Å². The molecule has 74 valence electrons. The molecule has 2 rings (SSSR count). The Morgan fingerprint density at radius 1 is 1.21 bits per heavy atom. The highest BCUT2D eigenvalue weighted by Gasteiger charge is 2.22. The van der Waals surface area contributed by atoms with Crippen LogP contribution in [0.1, 0.15) is 6.92 Å². The van der Waals surface area contributed by atoms with Crippen LogP contribution in [-0.2, 0) is 0 Å². The highest BCUT2D eigenvalue weighted by Crippen LogP contribution is 2.14. The number of para-hydroxylation sites is 1. The second-order valence-corrected chi connectivity index (χ2v) is 9.52. The molecule has 1 N–H and O–H groups in total. The summed E-state index contributed by atoms with van der Waals surface area (Å²) in [5.41, 5.74) is 1.27. The van der Waals surface area contributed by atoms with Gasteiger partial charge in [0, 0.05) is 5.52 Å². The van der Waals surface area contributed by atoms with Gasteiger partial charge in [-0.25, -0.2) is 0 Å². The minimum absolute atomic E-state index is 1.19. The van der Waals surface area contributed by atoms with Crippen LogP contribution in [0.4, 0.5) is 0 Å². The summed E-state index contributed by atoms with van der Waals surface area (Å²) in [4.78, 5) is 3.55. The van der Waals surface area contributed by atoms with Gasteiger partial charge in [-0.05, 0) is 22.8 Å². The minimum atomic E-state index is -1.19. The van der Waals surface area contributed by atoms with E-state index in [1.165, 1.54) is 22.3 Å². The summed E-state index contributed by atoms with van der Waals surface area (Å²) in [7, 11) is -1.19. The first kappa shape index (κ1) is 9.53. The molecular weight excluding hydrogens is 186 g/mol. The van der Waals surface area contributed by atoms with Crippen LogP contribution in [-0.4, -0.2) is 13.1 Å². The molecule has 2 aromatic rings. The van der Waals surface area contributed by atoms with Crippen molar-refractivity contribution in [1.29, 1.82) is 0 Å². The van der Waals surface area contributed by atoms with E-state index in [2.05, 4.69) is 55.3 Å².